The molecule has 0 fully saturated rings. The van der Waals surface area contributed by atoms with Crippen molar-refractivity contribution in [2.75, 3.05) is 0 Å². The van der Waals surface area contributed by atoms with Crippen LogP contribution >= 0.6 is 0 Å². The second kappa shape index (κ2) is 7.47. The van der Waals surface area contributed by atoms with Gasteiger partial charge < -0.3 is 0 Å². The number of aromatic nitrogens is 4. The second-order valence-corrected chi connectivity index (χ2v) is 6.38. The first-order chi connectivity index (χ1) is 13.2. The molecule has 1 atom stereocenters. The normalized spacial score (nSPS) is 12.2. The zero-order valence-electron chi connectivity index (χ0n) is 14.9. The Balaban J connectivity index is 1.64. The van der Waals surface area contributed by atoms with Crippen LogP contribution in [0.2, 0.25) is 0 Å². The molecule has 0 radical (unpaired) electrons. The third-order valence-electron chi connectivity index (χ3n) is 4.35. The lowest BCUT2D eigenvalue weighted by molar-refractivity contribution is 0.582. The van der Waals surface area contributed by atoms with Gasteiger partial charge in [0.05, 0.1) is 17.4 Å². The molecule has 0 bridgehead atoms. The van der Waals surface area contributed by atoms with Gasteiger partial charge in [-0.15, -0.1) is 0 Å². The maximum Gasteiger partial charge on any atom is 0.258 e. The first kappa shape index (κ1) is 17.1. The SMILES string of the molecule is Cc1ccc2nc(CNC(c3cccnc3)c3ccccn3)cc(=O)n2c1. The van der Waals surface area contributed by atoms with Crippen molar-refractivity contribution in [3.8, 4) is 0 Å². The van der Waals surface area contributed by atoms with E-state index in [0.717, 1.165) is 16.8 Å². The van der Waals surface area contributed by atoms with Crippen LogP contribution in [-0.4, -0.2) is 19.4 Å². The lowest BCUT2D eigenvalue weighted by Crippen LogP contribution is -2.25. The number of rotatable bonds is 5. The van der Waals surface area contributed by atoms with Gasteiger partial charge in [0.25, 0.3) is 5.56 Å². The number of nitrogens with zero attached hydrogens (tertiary/aromatic N) is 4. The monoisotopic (exact) mass is 357 g/mol. The quantitative estimate of drug-likeness (QED) is 0.594. The fourth-order valence-electron chi connectivity index (χ4n) is 3.04. The predicted molar refractivity (Wildman–Crippen MR) is 103 cm³/mol. The molecule has 1 N–H and O–H groups in total. The van der Waals surface area contributed by atoms with Gasteiger partial charge in [0.2, 0.25) is 0 Å². The Labute approximate surface area is 156 Å². The Hall–Kier alpha value is -3.38. The summed E-state index contributed by atoms with van der Waals surface area (Å²) in [5.74, 6) is 0. The Morgan fingerprint density at radius 1 is 1.11 bits per heavy atom. The molecule has 0 amide bonds. The highest BCUT2D eigenvalue weighted by atomic mass is 16.1. The molecule has 0 saturated carbocycles. The fourth-order valence-corrected chi connectivity index (χ4v) is 3.04. The first-order valence-corrected chi connectivity index (χ1v) is 8.74. The van der Waals surface area contributed by atoms with Crippen LogP contribution in [-0.2, 0) is 6.54 Å². The molecule has 0 aromatic carbocycles. The van der Waals surface area contributed by atoms with Gasteiger partial charge in [-0.05, 0) is 42.3 Å². The minimum atomic E-state index is -0.141. The molecule has 6 nitrogen and oxygen atoms in total. The Kier molecular flexibility index (Phi) is 4.72. The van der Waals surface area contributed by atoms with Crippen LogP contribution in [0.3, 0.4) is 0 Å². The van der Waals surface area contributed by atoms with E-state index in [-0.39, 0.29) is 11.6 Å². The molecular formula is C21H19N5O. The smallest absolute Gasteiger partial charge is 0.258 e. The van der Waals surface area contributed by atoms with Gasteiger partial charge in [-0.25, -0.2) is 4.98 Å². The molecule has 0 aliphatic rings. The number of aryl methyl sites for hydroxylation is 1. The summed E-state index contributed by atoms with van der Waals surface area (Å²) in [5, 5.41) is 3.46. The van der Waals surface area contributed by atoms with E-state index in [1.807, 2.05) is 55.6 Å². The van der Waals surface area contributed by atoms with Crippen molar-refractivity contribution in [2.45, 2.75) is 19.5 Å². The summed E-state index contributed by atoms with van der Waals surface area (Å²) in [7, 11) is 0. The zero-order chi connectivity index (χ0) is 18.6. The molecule has 4 aromatic heterocycles. The predicted octanol–water partition coefficient (Wildman–Crippen LogP) is 2.67. The van der Waals surface area contributed by atoms with E-state index < -0.39 is 0 Å². The standard InChI is InChI=1S/C21H19N5O/c1-15-7-8-19-25-17(11-20(27)26(19)14-15)13-24-21(16-5-4-9-22-12-16)18-6-2-3-10-23-18/h2-12,14,21,24H,13H2,1H3. The summed E-state index contributed by atoms with van der Waals surface area (Å²) >= 11 is 0. The van der Waals surface area contributed by atoms with Crippen molar-refractivity contribution in [1.29, 1.82) is 0 Å². The Morgan fingerprint density at radius 2 is 2.04 bits per heavy atom. The second-order valence-electron chi connectivity index (χ2n) is 6.38. The van der Waals surface area contributed by atoms with Crippen LogP contribution in [0.4, 0.5) is 0 Å². The topological polar surface area (TPSA) is 72.2 Å². The van der Waals surface area contributed by atoms with Crippen LogP contribution in [0.25, 0.3) is 5.65 Å². The summed E-state index contributed by atoms with van der Waals surface area (Å²) < 4.78 is 1.57. The lowest BCUT2D eigenvalue weighted by Gasteiger charge is -2.18. The summed E-state index contributed by atoms with van der Waals surface area (Å²) in [6.07, 6.45) is 7.13. The molecular weight excluding hydrogens is 338 g/mol. The van der Waals surface area contributed by atoms with E-state index >= 15 is 0 Å². The van der Waals surface area contributed by atoms with Gasteiger partial charge in [0, 0.05) is 37.4 Å². The lowest BCUT2D eigenvalue weighted by atomic mass is 10.1. The van der Waals surface area contributed by atoms with Crippen molar-refractivity contribution < 1.29 is 0 Å². The number of hydrogen-bond donors (Lipinski definition) is 1. The van der Waals surface area contributed by atoms with E-state index in [9.17, 15) is 4.79 Å². The average molecular weight is 357 g/mol. The van der Waals surface area contributed by atoms with Gasteiger partial charge in [0.15, 0.2) is 0 Å². The van der Waals surface area contributed by atoms with Crippen molar-refractivity contribution >= 4 is 5.65 Å². The Morgan fingerprint density at radius 3 is 2.81 bits per heavy atom. The zero-order valence-corrected chi connectivity index (χ0v) is 14.9. The molecule has 4 rings (SSSR count). The first-order valence-electron chi connectivity index (χ1n) is 8.74. The molecule has 6 heteroatoms. The molecule has 0 aliphatic carbocycles. The summed E-state index contributed by atoms with van der Waals surface area (Å²) in [4.78, 5) is 25.7. The average Bonchev–Trinajstić information content (AvgIpc) is 2.70. The van der Waals surface area contributed by atoms with Gasteiger partial charge in [-0.3, -0.25) is 24.5 Å². The molecule has 1 unspecified atom stereocenters. The summed E-state index contributed by atoms with van der Waals surface area (Å²) in [6.45, 7) is 2.39. The molecule has 0 spiro atoms. The number of pyridine rings is 3. The number of hydrogen-bond acceptors (Lipinski definition) is 5. The molecule has 0 aliphatic heterocycles. The largest absolute Gasteiger partial charge is 0.299 e. The highest BCUT2D eigenvalue weighted by Gasteiger charge is 2.15. The fraction of sp³-hybridized carbons (Fsp3) is 0.143. The third kappa shape index (κ3) is 3.75. The van der Waals surface area contributed by atoms with Crippen LogP contribution in [0.15, 0.2) is 78.1 Å². The summed E-state index contributed by atoms with van der Waals surface area (Å²) in [5.41, 5.74) is 4.15. The summed E-state index contributed by atoms with van der Waals surface area (Å²) in [6, 6.07) is 14.9. The highest BCUT2D eigenvalue weighted by molar-refractivity contribution is 5.40. The third-order valence-corrected chi connectivity index (χ3v) is 4.35. The van der Waals surface area contributed by atoms with Crippen LogP contribution in [0.5, 0.6) is 0 Å². The highest BCUT2D eigenvalue weighted by Crippen LogP contribution is 2.19. The van der Waals surface area contributed by atoms with Crippen molar-refractivity contribution in [3.05, 3.63) is 106 Å². The molecule has 4 heterocycles. The van der Waals surface area contributed by atoms with Crippen molar-refractivity contribution in [2.24, 2.45) is 0 Å². The maximum atomic E-state index is 12.4. The van der Waals surface area contributed by atoms with E-state index in [1.165, 1.54) is 0 Å². The number of nitrogens with one attached hydrogen (secondary N) is 1. The van der Waals surface area contributed by atoms with Crippen LogP contribution < -0.4 is 10.9 Å². The molecule has 0 saturated heterocycles. The van der Waals surface area contributed by atoms with E-state index in [1.54, 1.807) is 29.1 Å². The maximum absolute atomic E-state index is 12.4. The Bertz CT molecular complexity index is 1070. The minimum Gasteiger partial charge on any atom is -0.299 e. The van der Waals surface area contributed by atoms with E-state index in [4.69, 9.17) is 0 Å². The van der Waals surface area contributed by atoms with E-state index in [2.05, 4.69) is 20.3 Å². The van der Waals surface area contributed by atoms with Crippen LogP contribution in [0, 0.1) is 6.92 Å². The van der Waals surface area contributed by atoms with Gasteiger partial charge in [0.1, 0.15) is 5.65 Å². The van der Waals surface area contributed by atoms with Gasteiger partial charge in [-0.1, -0.05) is 18.2 Å². The van der Waals surface area contributed by atoms with Crippen LogP contribution in [0.1, 0.15) is 28.6 Å². The van der Waals surface area contributed by atoms with Gasteiger partial charge >= 0.3 is 0 Å². The molecule has 27 heavy (non-hydrogen) atoms. The van der Waals surface area contributed by atoms with Crippen molar-refractivity contribution in [3.63, 3.8) is 0 Å². The van der Waals surface area contributed by atoms with E-state index in [0.29, 0.717) is 17.9 Å². The molecule has 4 aromatic rings. The van der Waals surface area contributed by atoms with Crippen molar-refractivity contribution in [1.82, 2.24) is 24.7 Å². The van der Waals surface area contributed by atoms with Gasteiger partial charge in [-0.2, -0.15) is 0 Å². The molecule has 134 valence electrons. The number of fused-ring (bicyclic) bond motifs is 1. The minimum absolute atomic E-state index is 0.0868.